The molecule has 0 saturated heterocycles. The van der Waals surface area contributed by atoms with E-state index in [9.17, 15) is 4.79 Å². The van der Waals surface area contributed by atoms with E-state index in [1.165, 1.54) is 13.1 Å². The summed E-state index contributed by atoms with van der Waals surface area (Å²) in [6.07, 6.45) is 1.32. The number of anilines is 1. The van der Waals surface area contributed by atoms with Gasteiger partial charge < -0.3 is 5.32 Å². The molecule has 22 heavy (non-hydrogen) atoms. The lowest BCUT2D eigenvalue weighted by Gasteiger charge is -2.12. The topological polar surface area (TPSA) is 78.7 Å². The van der Waals surface area contributed by atoms with E-state index in [4.69, 9.17) is 16.9 Å². The van der Waals surface area contributed by atoms with Crippen molar-refractivity contribution < 1.29 is 4.79 Å². The normalized spacial score (nSPS) is 9.27. The Kier molecular flexibility index (Phi) is 6.48. The molecule has 1 heterocycles. The first kappa shape index (κ1) is 17.6. The van der Waals surface area contributed by atoms with Crippen LogP contribution < -0.4 is 5.32 Å². The first-order valence-electron chi connectivity index (χ1n) is 6.83. The van der Waals surface area contributed by atoms with Gasteiger partial charge in [-0.25, -0.2) is 0 Å². The number of nitrogens with zero attached hydrogens (tertiary/aromatic N) is 3. The first-order valence-corrected chi connectivity index (χ1v) is 7.20. The van der Waals surface area contributed by atoms with Crippen molar-refractivity contribution in [3.63, 3.8) is 0 Å². The highest BCUT2D eigenvalue weighted by atomic mass is 35.5. The highest BCUT2D eigenvalue weighted by Gasteiger charge is 2.15. The number of hydrogen-bond donors (Lipinski definition) is 1. The van der Waals surface area contributed by atoms with Crippen LogP contribution in [0, 0.1) is 18.3 Å². The second-order valence-corrected chi connectivity index (χ2v) is 4.67. The summed E-state index contributed by atoms with van der Waals surface area (Å²) in [4.78, 5) is 11.3. The molecule has 6 heteroatoms. The molecule has 5 nitrogen and oxygen atoms in total. The van der Waals surface area contributed by atoms with Crippen molar-refractivity contribution in [2.75, 3.05) is 5.32 Å². The molecule has 0 aliphatic rings. The molecule has 0 saturated carbocycles. The van der Waals surface area contributed by atoms with Crippen molar-refractivity contribution in [1.29, 1.82) is 5.26 Å². The Morgan fingerprint density at radius 3 is 2.59 bits per heavy atom. The molecule has 0 bridgehead atoms. The summed E-state index contributed by atoms with van der Waals surface area (Å²) in [5, 5.41) is 20.2. The Morgan fingerprint density at radius 2 is 2.05 bits per heavy atom. The van der Waals surface area contributed by atoms with Gasteiger partial charge in [-0.1, -0.05) is 31.5 Å². The minimum Gasteiger partial charge on any atom is -0.323 e. The highest BCUT2D eigenvalue weighted by molar-refractivity contribution is 6.30. The minimum atomic E-state index is -0.276. The molecule has 0 radical (unpaired) electrons. The predicted molar refractivity (Wildman–Crippen MR) is 87.6 cm³/mol. The van der Waals surface area contributed by atoms with Crippen LogP contribution >= 0.6 is 11.6 Å². The van der Waals surface area contributed by atoms with Crippen LogP contribution in [0.5, 0.6) is 0 Å². The Hall–Kier alpha value is -2.45. The Bertz CT molecular complexity index is 723. The molecule has 0 atom stereocenters. The first-order chi connectivity index (χ1) is 10.5. The third-order valence-electron chi connectivity index (χ3n) is 2.72. The number of carbonyl (C=O) groups excluding carboxylic acids is 1. The molecule has 1 aromatic heterocycles. The van der Waals surface area contributed by atoms with Crippen LogP contribution in [0.3, 0.4) is 0 Å². The quantitative estimate of drug-likeness (QED) is 0.909. The van der Waals surface area contributed by atoms with Crippen LogP contribution in [-0.2, 0) is 4.79 Å². The number of halogens is 1. The fraction of sp³-hybridized carbons (Fsp3) is 0.250. The van der Waals surface area contributed by atoms with Gasteiger partial charge in [-0.05, 0) is 24.6 Å². The lowest BCUT2D eigenvalue weighted by atomic mass is 10.0. The summed E-state index contributed by atoms with van der Waals surface area (Å²) in [7, 11) is 0. The number of nitriles is 1. The zero-order valence-electron chi connectivity index (χ0n) is 12.9. The number of nitrogens with one attached hydrogen (secondary N) is 1. The number of aromatic nitrogens is 2. The van der Waals surface area contributed by atoms with Gasteiger partial charge in [-0.15, -0.1) is 5.10 Å². The summed E-state index contributed by atoms with van der Waals surface area (Å²) in [5.74, 6) is -0.276. The summed E-state index contributed by atoms with van der Waals surface area (Å²) in [6.45, 7) is 7.25. The standard InChI is InChI=1S/C14H11ClN4O.C2H6/c1-8-5-11(15)3-4-12(8)14-13(18-9(2)20)10(6-16)7-17-19-14;1-2/h3-5,7H,1-2H3,(H,17,18,20);1-2H3. The van der Waals surface area contributed by atoms with Crippen molar-refractivity contribution in [1.82, 2.24) is 10.2 Å². The van der Waals surface area contributed by atoms with Gasteiger partial charge >= 0.3 is 0 Å². The van der Waals surface area contributed by atoms with E-state index in [2.05, 4.69) is 15.5 Å². The second kappa shape index (κ2) is 8.11. The number of hydrogen-bond acceptors (Lipinski definition) is 4. The van der Waals surface area contributed by atoms with Crippen LogP contribution in [0.15, 0.2) is 24.4 Å². The van der Waals surface area contributed by atoms with E-state index in [0.29, 0.717) is 16.4 Å². The molecule has 1 aromatic carbocycles. The van der Waals surface area contributed by atoms with Gasteiger partial charge in [0.15, 0.2) is 0 Å². The fourth-order valence-corrected chi connectivity index (χ4v) is 2.08. The monoisotopic (exact) mass is 316 g/mol. The minimum absolute atomic E-state index is 0.263. The number of amides is 1. The average molecular weight is 317 g/mol. The Morgan fingerprint density at radius 1 is 1.36 bits per heavy atom. The third-order valence-corrected chi connectivity index (χ3v) is 2.95. The molecule has 0 fully saturated rings. The second-order valence-electron chi connectivity index (χ2n) is 4.23. The molecule has 0 aliphatic heterocycles. The zero-order valence-corrected chi connectivity index (χ0v) is 13.7. The Balaban J connectivity index is 0.00000116. The van der Waals surface area contributed by atoms with E-state index in [-0.39, 0.29) is 11.5 Å². The maximum absolute atomic E-state index is 11.3. The lowest BCUT2D eigenvalue weighted by molar-refractivity contribution is -0.114. The van der Waals surface area contributed by atoms with Gasteiger partial charge in [0, 0.05) is 17.5 Å². The highest BCUT2D eigenvalue weighted by Crippen LogP contribution is 2.31. The van der Waals surface area contributed by atoms with Crippen molar-refractivity contribution in [2.45, 2.75) is 27.7 Å². The third kappa shape index (κ3) is 4.03. The summed E-state index contributed by atoms with van der Waals surface area (Å²) >= 11 is 5.93. The molecule has 2 aromatic rings. The van der Waals surface area contributed by atoms with Crippen LogP contribution in [-0.4, -0.2) is 16.1 Å². The summed E-state index contributed by atoms with van der Waals surface area (Å²) in [5.41, 5.74) is 2.73. The van der Waals surface area contributed by atoms with Gasteiger partial charge in [-0.2, -0.15) is 10.4 Å². The van der Waals surface area contributed by atoms with Crippen molar-refractivity contribution in [2.24, 2.45) is 0 Å². The molecular weight excluding hydrogens is 300 g/mol. The SMILES string of the molecule is CC.CC(=O)Nc1c(C#N)cnnc1-c1ccc(Cl)cc1C. The number of benzene rings is 1. The predicted octanol–water partition coefficient (Wildman–Crippen LogP) is 3.96. The van der Waals surface area contributed by atoms with Gasteiger partial charge in [0.25, 0.3) is 0 Å². The van der Waals surface area contributed by atoms with Crippen molar-refractivity contribution >= 4 is 23.2 Å². The maximum Gasteiger partial charge on any atom is 0.221 e. The fourth-order valence-electron chi connectivity index (χ4n) is 1.86. The van der Waals surface area contributed by atoms with Crippen molar-refractivity contribution in [3.8, 4) is 17.3 Å². The van der Waals surface area contributed by atoms with E-state index >= 15 is 0 Å². The summed E-state index contributed by atoms with van der Waals surface area (Å²) < 4.78 is 0. The largest absolute Gasteiger partial charge is 0.323 e. The molecule has 0 spiro atoms. The number of carbonyl (C=O) groups is 1. The number of rotatable bonds is 2. The van der Waals surface area contributed by atoms with E-state index in [0.717, 1.165) is 11.1 Å². The summed E-state index contributed by atoms with van der Waals surface area (Å²) in [6, 6.07) is 7.30. The molecule has 0 unspecified atom stereocenters. The van der Waals surface area contributed by atoms with Gasteiger partial charge in [0.1, 0.15) is 11.8 Å². The Labute approximate surface area is 134 Å². The molecule has 2 rings (SSSR count). The molecule has 1 amide bonds. The van der Waals surface area contributed by atoms with E-state index < -0.39 is 0 Å². The smallest absolute Gasteiger partial charge is 0.221 e. The van der Waals surface area contributed by atoms with Crippen LogP contribution in [0.1, 0.15) is 31.9 Å². The van der Waals surface area contributed by atoms with Crippen molar-refractivity contribution in [3.05, 3.63) is 40.5 Å². The van der Waals surface area contributed by atoms with Crippen LogP contribution in [0.2, 0.25) is 5.02 Å². The number of aryl methyl sites for hydroxylation is 1. The maximum atomic E-state index is 11.3. The van der Waals surface area contributed by atoms with Gasteiger partial charge in [0.2, 0.25) is 5.91 Å². The van der Waals surface area contributed by atoms with Crippen LogP contribution in [0.4, 0.5) is 5.69 Å². The van der Waals surface area contributed by atoms with Crippen LogP contribution in [0.25, 0.3) is 11.3 Å². The molecule has 0 aliphatic carbocycles. The molecule has 114 valence electrons. The van der Waals surface area contributed by atoms with E-state index in [1.54, 1.807) is 18.2 Å². The lowest BCUT2D eigenvalue weighted by Crippen LogP contribution is -2.10. The zero-order chi connectivity index (χ0) is 16.7. The van der Waals surface area contributed by atoms with E-state index in [1.807, 2.05) is 26.8 Å². The van der Waals surface area contributed by atoms with Gasteiger partial charge in [-0.3, -0.25) is 4.79 Å². The van der Waals surface area contributed by atoms with Gasteiger partial charge in [0.05, 0.1) is 17.4 Å². The average Bonchev–Trinajstić information content (AvgIpc) is 2.49. The molecular formula is C16H17ClN4O. The molecule has 1 N–H and O–H groups in total.